The fourth-order valence-corrected chi connectivity index (χ4v) is 2.65. The van der Waals surface area contributed by atoms with E-state index in [1.807, 2.05) is 0 Å². The molecule has 0 radical (unpaired) electrons. The van der Waals surface area contributed by atoms with Crippen molar-refractivity contribution in [2.45, 2.75) is 45.7 Å². The zero-order valence-corrected chi connectivity index (χ0v) is 12.0. The normalized spacial score (nSPS) is 25.3. The zero-order chi connectivity index (χ0) is 13.0. The van der Waals surface area contributed by atoms with Gasteiger partial charge >= 0.3 is 0 Å². The van der Waals surface area contributed by atoms with Gasteiger partial charge in [-0.3, -0.25) is 4.90 Å². The van der Waals surface area contributed by atoms with E-state index in [9.17, 15) is 0 Å². The van der Waals surface area contributed by atoms with E-state index in [2.05, 4.69) is 55.3 Å². The van der Waals surface area contributed by atoms with Crippen LogP contribution in [-0.2, 0) is 13.0 Å². The van der Waals surface area contributed by atoms with Crippen molar-refractivity contribution >= 4 is 0 Å². The molecule has 2 nitrogen and oxygen atoms in total. The van der Waals surface area contributed by atoms with Crippen LogP contribution in [0.2, 0.25) is 0 Å². The first-order chi connectivity index (χ1) is 8.65. The average Bonchev–Trinajstić information content (AvgIpc) is 2.40. The van der Waals surface area contributed by atoms with Gasteiger partial charge in [-0.1, -0.05) is 38.1 Å². The second kappa shape index (κ2) is 5.85. The van der Waals surface area contributed by atoms with Crippen molar-refractivity contribution in [3.63, 3.8) is 0 Å². The van der Waals surface area contributed by atoms with E-state index in [0.29, 0.717) is 5.54 Å². The molecule has 2 rings (SSSR count). The van der Waals surface area contributed by atoms with Crippen molar-refractivity contribution in [1.29, 1.82) is 0 Å². The van der Waals surface area contributed by atoms with Crippen LogP contribution < -0.4 is 5.32 Å². The Bertz CT molecular complexity index is 371. The molecule has 1 unspecified atom stereocenters. The number of aryl methyl sites for hydroxylation is 1. The fourth-order valence-electron chi connectivity index (χ4n) is 2.65. The van der Waals surface area contributed by atoms with Gasteiger partial charge in [0.15, 0.2) is 0 Å². The monoisotopic (exact) mass is 246 g/mol. The third-order valence-electron chi connectivity index (χ3n) is 4.17. The fraction of sp³-hybridized carbons (Fsp3) is 0.625. The second-order valence-electron chi connectivity index (χ2n) is 5.72. The quantitative estimate of drug-likeness (QED) is 0.879. The van der Waals surface area contributed by atoms with Gasteiger partial charge in [0.05, 0.1) is 0 Å². The van der Waals surface area contributed by atoms with Crippen molar-refractivity contribution in [3.8, 4) is 0 Å². The molecule has 1 N–H and O–H groups in total. The summed E-state index contributed by atoms with van der Waals surface area (Å²) in [6.45, 7) is 11.3. The summed E-state index contributed by atoms with van der Waals surface area (Å²) in [4.78, 5) is 2.57. The first-order valence-corrected chi connectivity index (χ1v) is 7.20. The van der Waals surface area contributed by atoms with E-state index in [1.165, 1.54) is 17.5 Å². The van der Waals surface area contributed by atoms with Crippen LogP contribution in [-0.4, -0.2) is 30.1 Å². The molecule has 18 heavy (non-hydrogen) atoms. The number of nitrogens with one attached hydrogen (secondary N) is 1. The third kappa shape index (κ3) is 3.33. The minimum Gasteiger partial charge on any atom is -0.309 e. The van der Waals surface area contributed by atoms with Gasteiger partial charge in [-0.05, 0) is 30.9 Å². The first kappa shape index (κ1) is 13.6. The van der Waals surface area contributed by atoms with Crippen LogP contribution in [0.3, 0.4) is 0 Å². The summed E-state index contributed by atoms with van der Waals surface area (Å²) < 4.78 is 0. The van der Waals surface area contributed by atoms with E-state index in [4.69, 9.17) is 0 Å². The second-order valence-corrected chi connectivity index (χ2v) is 5.72. The molecule has 0 bridgehead atoms. The van der Waals surface area contributed by atoms with Gasteiger partial charge in [0.2, 0.25) is 0 Å². The highest BCUT2D eigenvalue weighted by Gasteiger charge is 2.28. The van der Waals surface area contributed by atoms with Gasteiger partial charge in [0, 0.05) is 31.7 Å². The van der Waals surface area contributed by atoms with Crippen LogP contribution in [0.25, 0.3) is 0 Å². The molecule has 1 saturated heterocycles. The first-order valence-electron chi connectivity index (χ1n) is 7.20. The van der Waals surface area contributed by atoms with E-state index in [1.54, 1.807) is 0 Å². The molecule has 2 heteroatoms. The average molecular weight is 246 g/mol. The summed E-state index contributed by atoms with van der Waals surface area (Å²) in [6, 6.07) is 9.08. The Hall–Kier alpha value is -0.860. The number of hydrogen-bond donors (Lipinski definition) is 1. The Balaban J connectivity index is 1.96. The van der Waals surface area contributed by atoms with Gasteiger partial charge in [0.1, 0.15) is 0 Å². The Kier molecular flexibility index (Phi) is 4.41. The largest absolute Gasteiger partial charge is 0.309 e. The van der Waals surface area contributed by atoms with Crippen LogP contribution >= 0.6 is 0 Å². The zero-order valence-electron chi connectivity index (χ0n) is 12.0. The molecular weight excluding hydrogens is 220 g/mol. The molecule has 0 aromatic heterocycles. The molecule has 0 aliphatic carbocycles. The highest BCUT2D eigenvalue weighted by atomic mass is 15.2. The summed E-state index contributed by atoms with van der Waals surface area (Å²) in [6.07, 6.45) is 2.32. The highest BCUT2D eigenvalue weighted by molar-refractivity contribution is 5.22. The van der Waals surface area contributed by atoms with Gasteiger partial charge in [-0.25, -0.2) is 0 Å². The highest BCUT2D eigenvalue weighted by Crippen LogP contribution is 2.17. The molecule has 0 spiro atoms. The molecule has 0 amide bonds. The van der Waals surface area contributed by atoms with Crippen LogP contribution in [0, 0.1) is 0 Å². The standard InChI is InChI=1S/C16H26N2/c1-4-14-6-8-15(9-7-14)12-18-11-10-17-16(3,5-2)13-18/h6-9,17H,4-5,10-13H2,1-3H3. The minimum atomic E-state index is 0.293. The van der Waals surface area contributed by atoms with E-state index in [-0.39, 0.29) is 0 Å². The molecule has 0 saturated carbocycles. The van der Waals surface area contributed by atoms with Crippen LogP contribution in [0.5, 0.6) is 0 Å². The maximum absolute atomic E-state index is 3.64. The predicted octanol–water partition coefficient (Wildman–Crippen LogP) is 2.82. The summed E-state index contributed by atoms with van der Waals surface area (Å²) >= 11 is 0. The van der Waals surface area contributed by atoms with Gasteiger partial charge < -0.3 is 5.32 Å². The van der Waals surface area contributed by atoms with Crippen molar-refractivity contribution < 1.29 is 0 Å². The lowest BCUT2D eigenvalue weighted by atomic mass is 9.95. The maximum atomic E-state index is 3.64. The van der Waals surface area contributed by atoms with Gasteiger partial charge in [-0.15, -0.1) is 0 Å². The summed E-state index contributed by atoms with van der Waals surface area (Å²) in [7, 11) is 0. The van der Waals surface area contributed by atoms with E-state index in [0.717, 1.165) is 32.6 Å². The van der Waals surface area contributed by atoms with Crippen LogP contribution in [0.4, 0.5) is 0 Å². The summed E-state index contributed by atoms with van der Waals surface area (Å²) in [5, 5.41) is 3.64. The molecule has 1 aliphatic rings. The van der Waals surface area contributed by atoms with Crippen LogP contribution in [0.15, 0.2) is 24.3 Å². The van der Waals surface area contributed by atoms with E-state index < -0.39 is 0 Å². The molecule has 1 aromatic carbocycles. The topological polar surface area (TPSA) is 15.3 Å². The summed E-state index contributed by atoms with van der Waals surface area (Å²) in [5.41, 5.74) is 3.16. The molecular formula is C16H26N2. The molecule has 1 aromatic rings. The Labute approximate surface area is 111 Å². The van der Waals surface area contributed by atoms with Crippen LogP contribution in [0.1, 0.15) is 38.3 Å². The van der Waals surface area contributed by atoms with Gasteiger partial charge in [0.25, 0.3) is 0 Å². The van der Waals surface area contributed by atoms with Gasteiger partial charge in [-0.2, -0.15) is 0 Å². The molecule has 1 fully saturated rings. The maximum Gasteiger partial charge on any atom is 0.0278 e. The Morgan fingerprint density at radius 1 is 1.17 bits per heavy atom. The number of nitrogens with zero attached hydrogens (tertiary/aromatic N) is 1. The number of rotatable bonds is 4. The molecule has 1 heterocycles. The Morgan fingerprint density at radius 2 is 1.83 bits per heavy atom. The minimum absolute atomic E-state index is 0.293. The molecule has 1 aliphatic heterocycles. The SMILES string of the molecule is CCc1ccc(CN2CCNC(C)(CC)C2)cc1. The Morgan fingerprint density at radius 3 is 2.44 bits per heavy atom. The number of piperazine rings is 1. The van der Waals surface area contributed by atoms with Crippen molar-refractivity contribution in [2.24, 2.45) is 0 Å². The van der Waals surface area contributed by atoms with E-state index >= 15 is 0 Å². The lowest BCUT2D eigenvalue weighted by molar-refractivity contribution is 0.133. The van der Waals surface area contributed by atoms with Crippen molar-refractivity contribution in [3.05, 3.63) is 35.4 Å². The number of benzene rings is 1. The molecule has 1 atom stereocenters. The third-order valence-corrected chi connectivity index (χ3v) is 4.17. The van der Waals surface area contributed by atoms with Crippen molar-refractivity contribution in [1.82, 2.24) is 10.2 Å². The molecule has 100 valence electrons. The lowest BCUT2D eigenvalue weighted by Crippen LogP contribution is -2.58. The van der Waals surface area contributed by atoms with Crippen molar-refractivity contribution in [2.75, 3.05) is 19.6 Å². The predicted molar refractivity (Wildman–Crippen MR) is 77.8 cm³/mol. The smallest absolute Gasteiger partial charge is 0.0278 e. The number of hydrogen-bond acceptors (Lipinski definition) is 2. The lowest BCUT2D eigenvalue weighted by Gasteiger charge is -2.41. The summed E-state index contributed by atoms with van der Waals surface area (Å²) in [5.74, 6) is 0.